The Balaban J connectivity index is 1.56. The van der Waals surface area contributed by atoms with E-state index in [9.17, 15) is 4.79 Å². The molecule has 0 aliphatic rings. The summed E-state index contributed by atoms with van der Waals surface area (Å²) < 4.78 is 5.54. The van der Waals surface area contributed by atoms with Crippen molar-refractivity contribution in [2.45, 2.75) is 0 Å². The molecule has 2 aromatic carbocycles. The Morgan fingerprint density at radius 1 is 1.03 bits per heavy atom. The maximum Gasteiger partial charge on any atom is 0.248 e. The zero-order chi connectivity index (χ0) is 20.1. The number of carbonyl (C=O) groups excluding carboxylic acids is 1. The lowest BCUT2D eigenvalue weighted by atomic mass is 10.0. The van der Waals surface area contributed by atoms with Crippen molar-refractivity contribution < 1.29 is 9.21 Å². The van der Waals surface area contributed by atoms with Gasteiger partial charge >= 0.3 is 0 Å². The van der Waals surface area contributed by atoms with Gasteiger partial charge < -0.3 is 9.73 Å². The molecule has 0 aliphatic heterocycles. The molecule has 5 heteroatoms. The van der Waals surface area contributed by atoms with E-state index in [1.54, 1.807) is 24.7 Å². The van der Waals surface area contributed by atoms with E-state index in [2.05, 4.69) is 10.3 Å². The van der Waals surface area contributed by atoms with Crippen LogP contribution in [0.25, 0.3) is 16.3 Å². The normalized spacial score (nSPS) is 11.8. The van der Waals surface area contributed by atoms with E-state index >= 15 is 0 Å². The topological polar surface area (TPSA) is 55.1 Å². The molecule has 0 atom stereocenters. The van der Waals surface area contributed by atoms with Gasteiger partial charge in [0, 0.05) is 45.5 Å². The predicted octanol–water partition coefficient (Wildman–Crippen LogP) is 6.11. The largest absolute Gasteiger partial charge is 0.464 e. The fourth-order valence-electron chi connectivity index (χ4n) is 3.02. The van der Waals surface area contributed by atoms with Gasteiger partial charge in [-0.1, -0.05) is 48.0 Å². The van der Waals surface area contributed by atoms with E-state index in [1.807, 2.05) is 66.7 Å². The molecular weight excluding hydrogens is 384 g/mol. The van der Waals surface area contributed by atoms with Gasteiger partial charge in [0.2, 0.25) is 5.91 Å². The summed E-state index contributed by atoms with van der Waals surface area (Å²) >= 11 is 5.99. The Morgan fingerprint density at radius 3 is 2.69 bits per heavy atom. The van der Waals surface area contributed by atoms with Crippen LogP contribution in [0.2, 0.25) is 5.02 Å². The van der Waals surface area contributed by atoms with Crippen molar-refractivity contribution in [2.75, 3.05) is 5.32 Å². The van der Waals surface area contributed by atoms with Crippen LogP contribution in [-0.4, -0.2) is 10.9 Å². The maximum absolute atomic E-state index is 12.4. The molecule has 4 rings (SSSR count). The molecule has 2 aromatic heterocycles. The van der Waals surface area contributed by atoms with E-state index in [0.717, 1.165) is 27.6 Å². The first-order chi connectivity index (χ1) is 14.2. The summed E-state index contributed by atoms with van der Waals surface area (Å²) in [5.41, 5.74) is 2.54. The highest BCUT2D eigenvalue weighted by Gasteiger charge is 2.07. The fourth-order valence-corrected chi connectivity index (χ4v) is 3.15. The van der Waals surface area contributed by atoms with Crippen LogP contribution >= 0.6 is 11.6 Å². The maximum atomic E-state index is 12.4. The second kappa shape index (κ2) is 8.59. The van der Waals surface area contributed by atoms with E-state index in [0.29, 0.717) is 10.8 Å². The van der Waals surface area contributed by atoms with Crippen molar-refractivity contribution in [3.63, 3.8) is 0 Å². The van der Waals surface area contributed by atoms with Crippen molar-refractivity contribution in [3.8, 4) is 0 Å². The molecule has 4 nitrogen and oxygen atoms in total. The van der Waals surface area contributed by atoms with Crippen LogP contribution in [0.5, 0.6) is 0 Å². The lowest BCUT2D eigenvalue weighted by Gasteiger charge is -2.06. The number of aromatic nitrogens is 1. The minimum Gasteiger partial charge on any atom is -0.464 e. The third-order valence-electron chi connectivity index (χ3n) is 4.39. The number of allylic oxidation sites excluding steroid dienone is 2. The Hall–Kier alpha value is -3.63. The number of benzene rings is 2. The van der Waals surface area contributed by atoms with Gasteiger partial charge in [-0.25, -0.2) is 0 Å². The first-order valence-electron chi connectivity index (χ1n) is 9.02. The number of halogens is 1. The zero-order valence-electron chi connectivity index (χ0n) is 15.4. The highest BCUT2D eigenvalue weighted by molar-refractivity contribution is 6.30. The molecule has 0 saturated carbocycles. The number of amides is 1. The van der Waals surface area contributed by atoms with Crippen molar-refractivity contribution in [2.24, 2.45) is 0 Å². The number of nitrogens with one attached hydrogen (secondary N) is 1. The zero-order valence-corrected chi connectivity index (χ0v) is 16.1. The predicted molar refractivity (Wildman–Crippen MR) is 117 cm³/mol. The van der Waals surface area contributed by atoms with E-state index in [4.69, 9.17) is 16.0 Å². The third kappa shape index (κ3) is 4.45. The van der Waals surface area contributed by atoms with E-state index in [1.165, 1.54) is 6.08 Å². The molecule has 0 bridgehead atoms. The number of fused-ring (bicyclic) bond motifs is 1. The van der Waals surface area contributed by atoms with Crippen molar-refractivity contribution in [1.29, 1.82) is 0 Å². The van der Waals surface area contributed by atoms with Crippen LogP contribution in [-0.2, 0) is 4.79 Å². The molecule has 1 N–H and O–H groups in total. The molecule has 0 radical (unpaired) electrons. The van der Waals surface area contributed by atoms with E-state index < -0.39 is 0 Å². The molecule has 0 unspecified atom stereocenters. The highest BCUT2D eigenvalue weighted by atomic mass is 35.5. The van der Waals surface area contributed by atoms with Gasteiger partial charge in [0.15, 0.2) is 0 Å². The summed E-state index contributed by atoms with van der Waals surface area (Å²) in [6.07, 6.45) is 10.1. The van der Waals surface area contributed by atoms with Gasteiger partial charge in [-0.05, 0) is 42.0 Å². The molecule has 0 spiro atoms. The first-order valence-corrected chi connectivity index (χ1v) is 9.40. The highest BCUT2D eigenvalue weighted by Crippen LogP contribution is 2.25. The summed E-state index contributed by atoms with van der Waals surface area (Å²) in [5.74, 6) is 0.486. The average molecular weight is 401 g/mol. The van der Waals surface area contributed by atoms with Gasteiger partial charge in [0.1, 0.15) is 5.76 Å². The quantitative estimate of drug-likeness (QED) is 0.325. The summed E-state index contributed by atoms with van der Waals surface area (Å²) in [7, 11) is 0. The Morgan fingerprint density at radius 2 is 1.90 bits per heavy atom. The average Bonchev–Trinajstić information content (AvgIpc) is 3.27. The number of nitrogens with zero attached hydrogens (tertiary/aromatic N) is 1. The smallest absolute Gasteiger partial charge is 0.248 e. The molecule has 142 valence electrons. The summed E-state index contributed by atoms with van der Waals surface area (Å²) in [5, 5.41) is 5.49. The molecule has 1 amide bonds. The fraction of sp³-hybridized carbons (Fsp3) is 0. The minimum absolute atomic E-state index is 0.222. The summed E-state index contributed by atoms with van der Waals surface area (Å²) in [4.78, 5) is 16.5. The molecule has 0 saturated heterocycles. The molecular formula is C24H17ClN2O2. The Bertz CT molecular complexity index is 1190. The number of hydrogen-bond acceptors (Lipinski definition) is 3. The monoisotopic (exact) mass is 400 g/mol. The number of hydrogen-bond donors (Lipinski definition) is 1. The Kier molecular flexibility index (Phi) is 5.54. The van der Waals surface area contributed by atoms with Crippen LogP contribution in [0.3, 0.4) is 0 Å². The lowest BCUT2D eigenvalue weighted by Crippen LogP contribution is -2.08. The Labute approximate surface area is 173 Å². The number of pyridine rings is 1. The van der Waals surface area contributed by atoms with Crippen LogP contribution in [0.4, 0.5) is 5.69 Å². The van der Waals surface area contributed by atoms with Gasteiger partial charge in [0.05, 0.1) is 6.26 Å². The standard InChI is InChI=1S/C24H17ClN2O2/c25-19-11-9-17(10-12-19)21(23-7-3-15-29-23)5-2-8-24(28)27-22-6-1-4-18-16-26-14-13-20(18)22/h1-16H,(H,27,28). The van der Waals surface area contributed by atoms with Gasteiger partial charge in [-0.2, -0.15) is 0 Å². The summed E-state index contributed by atoms with van der Waals surface area (Å²) in [6.45, 7) is 0. The minimum atomic E-state index is -0.222. The van der Waals surface area contributed by atoms with Gasteiger partial charge in [-0.3, -0.25) is 9.78 Å². The van der Waals surface area contributed by atoms with E-state index in [-0.39, 0.29) is 5.91 Å². The number of rotatable bonds is 5. The molecule has 2 heterocycles. The third-order valence-corrected chi connectivity index (χ3v) is 4.64. The molecule has 0 fully saturated rings. The van der Waals surface area contributed by atoms with Crippen molar-refractivity contribution in [1.82, 2.24) is 4.98 Å². The van der Waals surface area contributed by atoms with Gasteiger partial charge in [0.25, 0.3) is 0 Å². The summed E-state index contributed by atoms with van der Waals surface area (Å²) in [6, 6.07) is 18.7. The van der Waals surface area contributed by atoms with Crippen LogP contribution < -0.4 is 5.32 Å². The number of anilines is 1. The molecule has 4 aromatic rings. The van der Waals surface area contributed by atoms with Crippen LogP contribution in [0.15, 0.2) is 102 Å². The molecule has 29 heavy (non-hydrogen) atoms. The van der Waals surface area contributed by atoms with Crippen LogP contribution in [0, 0.1) is 0 Å². The van der Waals surface area contributed by atoms with Crippen molar-refractivity contribution >= 4 is 39.5 Å². The lowest BCUT2D eigenvalue weighted by molar-refractivity contribution is -0.111. The second-order valence-corrected chi connectivity index (χ2v) is 6.75. The second-order valence-electron chi connectivity index (χ2n) is 6.32. The van der Waals surface area contributed by atoms with Gasteiger partial charge in [-0.15, -0.1) is 0 Å². The number of furan rings is 1. The molecule has 0 aliphatic carbocycles. The SMILES string of the molecule is O=C(C=CC=C(c1ccc(Cl)cc1)c1ccco1)Nc1cccc2cnccc12. The number of carbonyl (C=O) groups is 1. The van der Waals surface area contributed by atoms with Crippen LogP contribution in [0.1, 0.15) is 11.3 Å². The van der Waals surface area contributed by atoms with Crippen molar-refractivity contribution in [3.05, 3.63) is 114 Å². The first kappa shape index (κ1) is 18.7.